The minimum absolute atomic E-state index is 0. The van der Waals surface area contributed by atoms with Crippen LogP contribution in [-0.4, -0.2) is 0 Å². The zero-order valence-electron chi connectivity index (χ0n) is 9.94. The molecule has 88 valence electrons. The largest absolute Gasteiger partial charge is 0.198 e. The van der Waals surface area contributed by atoms with E-state index in [1.165, 1.54) is 16.2 Å². The van der Waals surface area contributed by atoms with Crippen molar-refractivity contribution in [2.45, 2.75) is 13.3 Å². The minimum Gasteiger partial charge on any atom is -0.198 e. The molecule has 2 rings (SSSR count). The summed E-state index contributed by atoms with van der Waals surface area (Å²) < 4.78 is 0. The van der Waals surface area contributed by atoms with Gasteiger partial charge in [0.2, 0.25) is 0 Å². The van der Waals surface area contributed by atoms with Gasteiger partial charge in [-0.1, -0.05) is 37.3 Å². The monoisotopic (exact) mass is 411 g/mol. The smallest absolute Gasteiger partial charge is 0 e. The number of hydrogen-bond acceptors (Lipinski definition) is 0. The van der Waals surface area contributed by atoms with Crippen molar-refractivity contribution in [2.24, 2.45) is 0 Å². The Hall–Kier alpha value is -0.572. The molecule has 0 saturated carbocycles. The molecule has 0 bridgehead atoms. The van der Waals surface area contributed by atoms with Gasteiger partial charge in [-0.15, -0.1) is 26.0 Å². The molecular weight excluding hydrogens is 395 g/mol. The fraction of sp³-hybridized carbons (Fsp3) is 0.133. The molecule has 17 heavy (non-hydrogen) atoms. The first-order valence-corrected chi connectivity index (χ1v) is 6.57. The molecule has 0 aliphatic rings. The molecule has 0 heterocycles. The molecule has 0 spiro atoms. The van der Waals surface area contributed by atoms with Gasteiger partial charge < -0.3 is 0 Å². The molecule has 0 fully saturated rings. The van der Waals surface area contributed by atoms with E-state index >= 15 is 0 Å². The number of hydrogen-bond donors (Lipinski definition) is 0. The number of aryl methyl sites for hydroxylation is 1. The normalized spacial score (nSPS) is 10.4. The van der Waals surface area contributed by atoms with E-state index in [-0.39, 0.29) is 21.1 Å². The van der Waals surface area contributed by atoms with Crippen LogP contribution in [-0.2, 0) is 27.5 Å². The van der Waals surface area contributed by atoms with Crippen LogP contribution in [0.5, 0.6) is 0 Å². The Morgan fingerprint density at radius 2 is 1.53 bits per heavy atom. The van der Waals surface area contributed by atoms with Crippen molar-refractivity contribution >= 4 is 19.2 Å². The van der Waals surface area contributed by atoms with Crippen LogP contribution < -0.4 is 10.6 Å². The molecule has 0 saturated heterocycles. The molecule has 1 unspecified atom stereocenters. The summed E-state index contributed by atoms with van der Waals surface area (Å²) in [4.78, 5) is 0. The van der Waals surface area contributed by atoms with Crippen molar-refractivity contribution in [1.29, 1.82) is 0 Å². The average molecular weight is 411 g/mol. The van der Waals surface area contributed by atoms with E-state index in [2.05, 4.69) is 56.3 Å². The van der Waals surface area contributed by atoms with E-state index in [9.17, 15) is 0 Å². The molecule has 0 aliphatic heterocycles. The van der Waals surface area contributed by atoms with E-state index in [4.69, 9.17) is 0 Å². The van der Waals surface area contributed by atoms with Crippen LogP contribution in [0.4, 0.5) is 0 Å². The van der Waals surface area contributed by atoms with Crippen LogP contribution in [0.3, 0.4) is 0 Å². The Kier molecular flexibility index (Phi) is 5.96. The molecule has 2 aromatic carbocycles. The van der Waals surface area contributed by atoms with E-state index in [1.807, 2.05) is 6.07 Å². The van der Waals surface area contributed by atoms with Gasteiger partial charge in [-0.2, -0.15) is 18.6 Å². The molecule has 0 aliphatic carbocycles. The molecule has 0 N–H and O–H groups in total. The molecule has 0 radical (unpaired) electrons. The third-order valence-electron chi connectivity index (χ3n) is 2.68. The summed E-state index contributed by atoms with van der Waals surface area (Å²) in [5.74, 6) is 0. The van der Waals surface area contributed by atoms with Crippen LogP contribution in [0.2, 0.25) is 0 Å². The molecule has 0 nitrogen and oxygen atoms in total. The number of benzene rings is 2. The summed E-state index contributed by atoms with van der Waals surface area (Å²) in [6.45, 7) is 6.29. The Balaban J connectivity index is 0.00000144. The fourth-order valence-electron chi connectivity index (χ4n) is 1.74. The van der Waals surface area contributed by atoms with Gasteiger partial charge in [0.25, 0.3) is 0 Å². The van der Waals surface area contributed by atoms with Gasteiger partial charge in [0.1, 0.15) is 0 Å². The van der Waals surface area contributed by atoms with Crippen molar-refractivity contribution in [3.05, 3.63) is 66.6 Å². The van der Waals surface area contributed by atoms with Gasteiger partial charge in [0.15, 0.2) is 0 Å². The second kappa shape index (κ2) is 6.99. The molecule has 2 aromatic rings. The molecule has 0 aromatic heterocycles. The van der Waals surface area contributed by atoms with E-state index < -0.39 is 0 Å². The van der Waals surface area contributed by atoms with Crippen LogP contribution in [0.15, 0.2) is 48.5 Å². The van der Waals surface area contributed by atoms with Gasteiger partial charge in [-0.25, -0.2) is 0 Å². The third-order valence-corrected chi connectivity index (χ3v) is 4.20. The van der Waals surface area contributed by atoms with Crippen molar-refractivity contribution in [1.82, 2.24) is 0 Å². The maximum atomic E-state index is 4.08. The maximum Gasteiger partial charge on any atom is 0 e. The predicted molar refractivity (Wildman–Crippen MR) is 74.3 cm³/mol. The molecule has 2 heteroatoms. The SMILES string of the molecule is [CH2-]c1ccccc1Pc1ccccc1CC.[W]. The minimum atomic E-state index is 0. The Labute approximate surface area is 120 Å². The Bertz CT molecular complexity index is 480. The maximum absolute atomic E-state index is 4.08. The zero-order chi connectivity index (χ0) is 11.4. The van der Waals surface area contributed by atoms with Crippen LogP contribution in [0.1, 0.15) is 18.1 Å². The van der Waals surface area contributed by atoms with Gasteiger partial charge in [-0.3, -0.25) is 0 Å². The summed E-state index contributed by atoms with van der Waals surface area (Å²) in [7, 11) is 0.719. The van der Waals surface area contributed by atoms with Crippen molar-refractivity contribution < 1.29 is 21.1 Å². The second-order valence-electron chi connectivity index (χ2n) is 3.79. The first-order chi connectivity index (χ1) is 7.81. The first kappa shape index (κ1) is 14.5. The first-order valence-electron chi connectivity index (χ1n) is 5.57. The predicted octanol–water partition coefficient (Wildman–Crippen LogP) is 3.06. The second-order valence-corrected chi connectivity index (χ2v) is 5.12. The molecule has 1 atom stereocenters. The summed E-state index contributed by atoms with van der Waals surface area (Å²) in [6, 6.07) is 17.1. The quantitative estimate of drug-likeness (QED) is 0.538. The molecule has 0 amide bonds. The van der Waals surface area contributed by atoms with Crippen LogP contribution in [0, 0.1) is 6.92 Å². The zero-order valence-corrected chi connectivity index (χ0v) is 13.9. The summed E-state index contributed by atoms with van der Waals surface area (Å²) in [6.07, 6.45) is 1.10. The summed E-state index contributed by atoms with van der Waals surface area (Å²) >= 11 is 0. The van der Waals surface area contributed by atoms with Gasteiger partial charge in [0, 0.05) is 21.1 Å². The number of rotatable bonds is 3. The Morgan fingerprint density at radius 3 is 2.18 bits per heavy atom. The average Bonchev–Trinajstić information content (AvgIpc) is 2.33. The fourth-order valence-corrected chi connectivity index (χ4v) is 3.05. The standard InChI is InChI=1S/C15H16P.W/c1-3-13-9-5-7-11-15(13)16-14-10-6-4-8-12(14)2;/h4-11,16H,2-3H2,1H3;/q-1;. The molecular formula is C15H16PW-. The van der Waals surface area contributed by atoms with Crippen LogP contribution >= 0.6 is 8.58 Å². The van der Waals surface area contributed by atoms with Crippen molar-refractivity contribution in [3.8, 4) is 0 Å². The van der Waals surface area contributed by atoms with Crippen molar-refractivity contribution in [2.75, 3.05) is 0 Å². The van der Waals surface area contributed by atoms with Crippen LogP contribution in [0.25, 0.3) is 0 Å². The topological polar surface area (TPSA) is 0 Å². The third kappa shape index (κ3) is 3.70. The summed E-state index contributed by atoms with van der Waals surface area (Å²) in [5, 5.41) is 2.80. The van der Waals surface area contributed by atoms with Crippen molar-refractivity contribution in [3.63, 3.8) is 0 Å². The summed E-state index contributed by atoms with van der Waals surface area (Å²) in [5.41, 5.74) is 2.59. The van der Waals surface area contributed by atoms with E-state index in [0.29, 0.717) is 0 Å². The Morgan fingerprint density at radius 1 is 0.941 bits per heavy atom. The van der Waals surface area contributed by atoms with Gasteiger partial charge in [0.05, 0.1) is 0 Å². The van der Waals surface area contributed by atoms with Gasteiger partial charge >= 0.3 is 0 Å². The van der Waals surface area contributed by atoms with E-state index in [1.54, 1.807) is 0 Å². The van der Waals surface area contributed by atoms with Gasteiger partial charge in [-0.05, 0) is 17.3 Å². The van der Waals surface area contributed by atoms with E-state index in [0.717, 1.165) is 20.6 Å².